The number of aromatic amines is 1. The number of aliphatic hydroxyl groups excluding tert-OH is 2. The van der Waals surface area contributed by atoms with Gasteiger partial charge in [0.25, 0.3) is 5.56 Å². The number of esters is 4. The molecule has 1 aliphatic rings. The van der Waals surface area contributed by atoms with Gasteiger partial charge in [-0.1, -0.05) is 141 Å². The molecule has 2 rings (SSSR count). The summed E-state index contributed by atoms with van der Waals surface area (Å²) in [5.41, 5.74) is -1.54. The van der Waals surface area contributed by atoms with Gasteiger partial charge in [-0.3, -0.25) is 33.5 Å². The van der Waals surface area contributed by atoms with E-state index < -0.39 is 85.2 Å². The molecule has 1 aromatic rings. The second kappa shape index (κ2) is 38.8. The van der Waals surface area contributed by atoms with Gasteiger partial charge in [-0.25, -0.2) is 4.79 Å². The Morgan fingerprint density at radius 2 is 1.06 bits per heavy atom. The maximum absolute atomic E-state index is 12.9. The van der Waals surface area contributed by atoms with Crippen LogP contribution in [0.5, 0.6) is 0 Å². The molecule has 1 aliphatic heterocycles. The van der Waals surface area contributed by atoms with Gasteiger partial charge in [-0.15, -0.1) is 0 Å². The summed E-state index contributed by atoms with van der Waals surface area (Å²) in [7, 11) is 0. The van der Waals surface area contributed by atoms with E-state index in [-0.39, 0.29) is 26.1 Å². The van der Waals surface area contributed by atoms with Crippen molar-refractivity contribution in [3.63, 3.8) is 0 Å². The second-order valence-electron chi connectivity index (χ2n) is 17.9. The Bertz CT molecular complexity index is 1600. The molecule has 0 aromatic carbocycles. The van der Waals surface area contributed by atoms with Gasteiger partial charge in [-0.2, -0.15) is 0 Å². The summed E-state index contributed by atoms with van der Waals surface area (Å²) in [6.45, 7) is 3.13. The third-order valence-corrected chi connectivity index (χ3v) is 11.9. The van der Waals surface area contributed by atoms with E-state index in [2.05, 4.69) is 38.2 Å². The van der Waals surface area contributed by atoms with E-state index in [4.69, 9.17) is 23.7 Å². The minimum atomic E-state index is -1.59. The topological polar surface area (TPSA) is 210 Å². The molecule has 0 unspecified atom stereocenters. The highest BCUT2D eigenvalue weighted by Gasteiger charge is 2.47. The van der Waals surface area contributed by atoms with Crippen LogP contribution in [0.1, 0.15) is 213 Å². The summed E-state index contributed by atoms with van der Waals surface area (Å²) in [6.07, 6.45) is 32.6. The van der Waals surface area contributed by atoms with E-state index in [0.717, 1.165) is 93.9 Å². The largest absolute Gasteiger partial charge is 0.462 e. The maximum Gasteiger partial charge on any atom is 0.330 e. The predicted molar refractivity (Wildman–Crippen MR) is 258 cm³/mol. The molecule has 0 aliphatic carbocycles. The number of hydrogen-bond acceptors (Lipinski definition) is 13. The normalized spacial score (nSPS) is 17.1. The fraction of sp³-hybridized carbons (Fsp3) is 0.769. The number of nitrogens with one attached hydrogen (secondary N) is 1. The molecule has 1 aromatic heterocycles. The molecule has 0 saturated carbocycles. The van der Waals surface area contributed by atoms with Crippen LogP contribution in [-0.2, 0) is 42.9 Å². The lowest BCUT2D eigenvalue weighted by Gasteiger charge is -2.20. The van der Waals surface area contributed by atoms with Crippen molar-refractivity contribution in [3.05, 3.63) is 57.4 Å². The first-order chi connectivity index (χ1) is 32.6. The van der Waals surface area contributed by atoms with Crippen LogP contribution in [0.15, 0.2) is 46.2 Å². The summed E-state index contributed by atoms with van der Waals surface area (Å²) in [4.78, 5) is 76.8. The molecule has 0 spiro atoms. The highest BCUT2D eigenvalue weighted by atomic mass is 16.6. The number of carbonyl (C=O) groups excluding carboxylic acids is 4. The molecule has 1 fully saturated rings. The van der Waals surface area contributed by atoms with Gasteiger partial charge in [0.15, 0.2) is 18.4 Å². The van der Waals surface area contributed by atoms with Gasteiger partial charge >= 0.3 is 29.6 Å². The van der Waals surface area contributed by atoms with Crippen molar-refractivity contribution in [2.24, 2.45) is 0 Å². The average Bonchev–Trinajstić information content (AvgIpc) is 3.62. The van der Waals surface area contributed by atoms with E-state index in [1.807, 2.05) is 4.98 Å². The van der Waals surface area contributed by atoms with Crippen molar-refractivity contribution in [3.8, 4) is 0 Å². The number of unbranched alkanes of at least 4 members (excludes halogenated alkanes) is 22. The number of aliphatic hydroxyl groups is 2. The minimum Gasteiger partial charge on any atom is -0.462 e. The first-order valence-electron chi connectivity index (χ1n) is 25.9. The Balaban J connectivity index is 1.76. The molecular weight excluding hydrogens is 861 g/mol. The smallest absolute Gasteiger partial charge is 0.330 e. The van der Waals surface area contributed by atoms with Crippen molar-refractivity contribution in [1.82, 2.24) is 9.55 Å². The lowest BCUT2D eigenvalue weighted by molar-refractivity contribution is -0.168. The Morgan fingerprint density at radius 1 is 0.627 bits per heavy atom. The van der Waals surface area contributed by atoms with E-state index >= 15 is 0 Å². The standard InChI is InChI=1S/C52H86N2O13/c1-3-5-7-9-11-13-15-17-19-21-23-25-27-29-31-33-45(57)63-40-42(41-64-46(58)34-32-30-28-26-24-22-20-18-16-14-12-10-8-6-4-2)65-47(59)35-36-48(60)67-50-43(39-55)66-51(49(50)61)54-38-37-44(56)53-52(54)62/h17-20,37-38,42-43,49-51,55,61H,3-16,21-36,39-41H2,1-2H3,(H,53,56,62)/b19-17-,20-18-/t43-,49-,50-,51-/m1/s1. The maximum atomic E-state index is 12.9. The molecule has 1 saturated heterocycles. The molecule has 2 heterocycles. The van der Waals surface area contributed by atoms with Crippen LogP contribution in [0.3, 0.4) is 0 Å². The van der Waals surface area contributed by atoms with Gasteiger partial charge in [0.2, 0.25) is 0 Å². The number of rotatable bonds is 41. The molecule has 0 bridgehead atoms. The van der Waals surface area contributed by atoms with Crippen LogP contribution >= 0.6 is 0 Å². The van der Waals surface area contributed by atoms with Gasteiger partial charge in [0, 0.05) is 25.1 Å². The van der Waals surface area contributed by atoms with Crippen LogP contribution in [0.25, 0.3) is 0 Å². The molecule has 15 heteroatoms. The van der Waals surface area contributed by atoms with Gasteiger partial charge < -0.3 is 33.9 Å². The quantitative estimate of drug-likeness (QED) is 0.0242. The molecule has 0 radical (unpaired) electrons. The third kappa shape index (κ3) is 28.8. The van der Waals surface area contributed by atoms with Crippen LogP contribution in [0, 0.1) is 0 Å². The molecular formula is C52H86N2O13. The van der Waals surface area contributed by atoms with E-state index in [1.165, 1.54) is 77.0 Å². The third-order valence-electron chi connectivity index (χ3n) is 11.9. The monoisotopic (exact) mass is 947 g/mol. The van der Waals surface area contributed by atoms with Crippen LogP contribution in [-0.4, -0.2) is 87.9 Å². The van der Waals surface area contributed by atoms with Crippen molar-refractivity contribution in [1.29, 1.82) is 0 Å². The number of nitrogens with zero attached hydrogens (tertiary/aromatic N) is 1. The predicted octanol–water partition coefficient (Wildman–Crippen LogP) is 9.55. The fourth-order valence-electron chi connectivity index (χ4n) is 7.84. The van der Waals surface area contributed by atoms with Crippen molar-refractivity contribution < 1.29 is 53.1 Å². The number of hydrogen-bond donors (Lipinski definition) is 3. The summed E-state index contributed by atoms with van der Waals surface area (Å²) in [6, 6.07) is 1.05. The molecule has 67 heavy (non-hydrogen) atoms. The van der Waals surface area contributed by atoms with Crippen LogP contribution < -0.4 is 11.2 Å². The lowest BCUT2D eigenvalue weighted by Crippen LogP contribution is -2.40. The summed E-state index contributed by atoms with van der Waals surface area (Å²) >= 11 is 0. The zero-order valence-electron chi connectivity index (χ0n) is 41.0. The number of allylic oxidation sites excluding steroid dienone is 4. The van der Waals surface area contributed by atoms with Crippen molar-refractivity contribution >= 4 is 23.9 Å². The Labute approximate surface area is 399 Å². The number of H-pyrrole nitrogens is 1. The van der Waals surface area contributed by atoms with E-state index in [0.29, 0.717) is 12.8 Å². The molecule has 4 atom stereocenters. The lowest BCUT2D eigenvalue weighted by atomic mass is 10.1. The van der Waals surface area contributed by atoms with Gasteiger partial charge in [0.1, 0.15) is 25.4 Å². The molecule has 0 amide bonds. The first kappa shape index (κ1) is 59.0. The van der Waals surface area contributed by atoms with Crippen LogP contribution in [0.2, 0.25) is 0 Å². The van der Waals surface area contributed by atoms with Gasteiger partial charge in [-0.05, 0) is 64.2 Å². The number of aromatic nitrogens is 2. The average molecular weight is 947 g/mol. The van der Waals surface area contributed by atoms with E-state index in [9.17, 15) is 39.0 Å². The molecule has 3 N–H and O–H groups in total. The van der Waals surface area contributed by atoms with Crippen molar-refractivity contribution in [2.75, 3.05) is 19.8 Å². The number of ether oxygens (including phenoxy) is 5. The Kier molecular flexibility index (Phi) is 34.2. The Morgan fingerprint density at radius 3 is 1.51 bits per heavy atom. The Hall–Kier alpha value is -4.08. The molecule has 382 valence electrons. The molecule has 15 nitrogen and oxygen atoms in total. The zero-order valence-corrected chi connectivity index (χ0v) is 41.0. The van der Waals surface area contributed by atoms with Crippen molar-refractivity contribution in [2.45, 2.75) is 237 Å². The summed E-state index contributed by atoms with van der Waals surface area (Å²) in [5.74, 6) is -2.69. The zero-order chi connectivity index (χ0) is 48.7. The highest BCUT2D eigenvalue weighted by molar-refractivity contribution is 5.78. The van der Waals surface area contributed by atoms with E-state index in [1.54, 1.807) is 0 Å². The summed E-state index contributed by atoms with van der Waals surface area (Å²) < 4.78 is 28.2. The fourth-order valence-corrected chi connectivity index (χ4v) is 7.84. The summed E-state index contributed by atoms with van der Waals surface area (Å²) in [5, 5.41) is 20.7. The van der Waals surface area contributed by atoms with Gasteiger partial charge in [0.05, 0.1) is 19.4 Å². The highest BCUT2D eigenvalue weighted by Crippen LogP contribution is 2.30. The number of carbonyl (C=O) groups is 4. The minimum absolute atomic E-state index is 0.198. The first-order valence-corrected chi connectivity index (χ1v) is 25.9. The SMILES string of the molecule is CCCCCCCC/C=C\CCCCCCCC(=O)OCC(COC(=O)CCCCCCC/C=C\CCCCCCCC)OC(=O)CCC(=O)O[C@H]1[C@@H](O)[C@H](n2ccc(=O)[nH]c2=O)O[C@@H]1CO. The van der Waals surface area contributed by atoms with Crippen LogP contribution in [0.4, 0.5) is 0 Å². The second-order valence-corrected chi connectivity index (χ2v) is 17.9.